The number of hydrogen-bond donors (Lipinski definition) is 1. The third-order valence-corrected chi connectivity index (χ3v) is 6.06. The van der Waals surface area contributed by atoms with Gasteiger partial charge in [-0.25, -0.2) is 0 Å². The van der Waals surface area contributed by atoms with Crippen molar-refractivity contribution < 1.29 is 14.4 Å². The second-order valence-electron chi connectivity index (χ2n) is 8.79. The van der Waals surface area contributed by atoms with Crippen LogP contribution in [0.1, 0.15) is 58.9 Å². The summed E-state index contributed by atoms with van der Waals surface area (Å²) in [4.78, 5) is 40.0. The van der Waals surface area contributed by atoms with Crippen LogP contribution in [0, 0.1) is 5.41 Å². The second-order valence-corrected chi connectivity index (χ2v) is 8.79. The van der Waals surface area contributed by atoms with E-state index in [4.69, 9.17) is 0 Å². The number of allylic oxidation sites excluding steroid dienone is 4. The third kappa shape index (κ3) is 2.63. The van der Waals surface area contributed by atoms with Crippen molar-refractivity contribution in [2.24, 2.45) is 5.41 Å². The van der Waals surface area contributed by atoms with E-state index in [0.29, 0.717) is 40.8 Å². The predicted molar refractivity (Wildman–Crippen MR) is 109 cm³/mol. The van der Waals surface area contributed by atoms with Crippen LogP contribution in [0.3, 0.4) is 0 Å². The van der Waals surface area contributed by atoms with Crippen molar-refractivity contribution in [3.8, 4) is 0 Å². The molecule has 0 amide bonds. The first-order valence-corrected chi connectivity index (χ1v) is 9.88. The zero-order valence-electron chi connectivity index (χ0n) is 16.4. The Bertz CT molecular complexity index is 1150. The smallest absolute Gasteiger partial charge is 0.210 e. The molecule has 0 fully saturated rings. The fourth-order valence-corrected chi connectivity index (χ4v) is 4.85. The van der Waals surface area contributed by atoms with Gasteiger partial charge in [0.25, 0.3) is 0 Å². The number of hydrogen-bond acceptors (Lipinski definition) is 4. The Morgan fingerprint density at radius 3 is 2.10 bits per heavy atom. The Labute approximate surface area is 169 Å². The lowest BCUT2D eigenvalue weighted by molar-refractivity contribution is -0.118. The molecule has 2 aromatic carbocycles. The van der Waals surface area contributed by atoms with Crippen molar-refractivity contribution in [1.29, 1.82) is 0 Å². The molecule has 1 atom stereocenters. The van der Waals surface area contributed by atoms with Crippen LogP contribution in [0.25, 0.3) is 0 Å². The molecule has 1 heterocycles. The Hall–Kier alpha value is -3.27. The molecular weight excluding hydrogens is 362 g/mol. The molecule has 0 saturated carbocycles. The molecule has 4 nitrogen and oxygen atoms in total. The summed E-state index contributed by atoms with van der Waals surface area (Å²) in [6, 6.07) is 16.5. The molecule has 0 spiro atoms. The predicted octanol–water partition coefficient (Wildman–Crippen LogP) is 4.35. The number of benzene rings is 2. The van der Waals surface area contributed by atoms with Gasteiger partial charge in [0.15, 0.2) is 11.6 Å². The molecule has 0 radical (unpaired) electrons. The van der Waals surface area contributed by atoms with Gasteiger partial charge in [0.05, 0.1) is 5.70 Å². The molecule has 4 heteroatoms. The normalized spacial score (nSPS) is 22.7. The second kappa shape index (κ2) is 6.11. The Morgan fingerprint density at radius 2 is 1.41 bits per heavy atom. The minimum Gasteiger partial charge on any atom is -0.355 e. The van der Waals surface area contributed by atoms with Gasteiger partial charge in [0.1, 0.15) is 0 Å². The average Bonchev–Trinajstić information content (AvgIpc) is 2.70. The molecule has 29 heavy (non-hydrogen) atoms. The minimum absolute atomic E-state index is 0.0447. The van der Waals surface area contributed by atoms with Gasteiger partial charge in [-0.2, -0.15) is 0 Å². The fourth-order valence-electron chi connectivity index (χ4n) is 4.85. The van der Waals surface area contributed by atoms with E-state index >= 15 is 0 Å². The minimum atomic E-state index is -0.518. The maximum absolute atomic E-state index is 13.5. The van der Waals surface area contributed by atoms with Crippen molar-refractivity contribution in [2.45, 2.75) is 32.6 Å². The summed E-state index contributed by atoms with van der Waals surface area (Å²) < 4.78 is 0. The maximum Gasteiger partial charge on any atom is 0.210 e. The summed E-state index contributed by atoms with van der Waals surface area (Å²) in [5, 5.41) is 3.23. The summed E-state index contributed by atoms with van der Waals surface area (Å²) in [7, 11) is 0. The van der Waals surface area contributed by atoms with Gasteiger partial charge in [0.2, 0.25) is 5.78 Å². The van der Waals surface area contributed by atoms with Crippen LogP contribution in [0.15, 0.2) is 77.1 Å². The van der Waals surface area contributed by atoms with Gasteiger partial charge < -0.3 is 5.32 Å². The van der Waals surface area contributed by atoms with Gasteiger partial charge in [0, 0.05) is 40.3 Å². The summed E-state index contributed by atoms with van der Waals surface area (Å²) in [6.45, 7) is 4.11. The van der Waals surface area contributed by atoms with Gasteiger partial charge in [-0.05, 0) is 17.4 Å². The molecule has 1 N–H and O–H groups in total. The summed E-state index contributed by atoms with van der Waals surface area (Å²) in [6.07, 6.45) is 1.09. The van der Waals surface area contributed by atoms with Crippen molar-refractivity contribution in [1.82, 2.24) is 5.32 Å². The number of carbonyl (C=O) groups is 3. The Kier molecular flexibility index (Phi) is 3.75. The first kappa shape index (κ1) is 17.8. The van der Waals surface area contributed by atoms with Gasteiger partial charge in [-0.1, -0.05) is 68.4 Å². The Balaban J connectivity index is 1.76. The van der Waals surface area contributed by atoms with Crippen molar-refractivity contribution in [3.63, 3.8) is 0 Å². The van der Waals surface area contributed by atoms with E-state index in [1.807, 2.05) is 30.3 Å². The van der Waals surface area contributed by atoms with E-state index in [1.54, 1.807) is 24.3 Å². The van der Waals surface area contributed by atoms with Crippen LogP contribution < -0.4 is 5.32 Å². The molecule has 0 saturated heterocycles. The topological polar surface area (TPSA) is 63.2 Å². The van der Waals surface area contributed by atoms with Crippen LogP contribution in [0.2, 0.25) is 0 Å². The standard InChI is InChI=1S/C25H21NO3/c1-25(2)12-17-20(18(27)13-25)19(14-8-4-3-5-9-14)21-22(26-17)24(29)16-11-7-6-10-15(16)23(21)28/h3-11,19,26H,12-13H2,1-2H3. The van der Waals surface area contributed by atoms with E-state index in [0.717, 1.165) is 11.3 Å². The number of Topliss-reactive ketones (excluding diaryl/α,β-unsaturated/α-hetero) is 3. The SMILES string of the molecule is CC1(C)CC(=O)C2=C(C1)NC1=C(C(=O)c3ccccc3C1=O)C2c1ccccc1. The molecule has 0 bridgehead atoms. The number of rotatable bonds is 1. The fraction of sp³-hybridized carbons (Fsp3) is 0.240. The van der Waals surface area contributed by atoms with E-state index in [2.05, 4.69) is 19.2 Å². The van der Waals surface area contributed by atoms with E-state index in [1.165, 1.54) is 0 Å². The number of fused-ring (bicyclic) bond motifs is 1. The molecule has 2 aromatic rings. The van der Waals surface area contributed by atoms with Gasteiger partial charge >= 0.3 is 0 Å². The molecule has 1 unspecified atom stereocenters. The number of carbonyl (C=O) groups excluding carboxylic acids is 3. The molecule has 2 aliphatic carbocycles. The average molecular weight is 383 g/mol. The first-order chi connectivity index (χ1) is 13.9. The number of nitrogens with one attached hydrogen (secondary N) is 1. The highest BCUT2D eigenvalue weighted by molar-refractivity contribution is 6.28. The largest absolute Gasteiger partial charge is 0.355 e. The summed E-state index contributed by atoms with van der Waals surface area (Å²) >= 11 is 0. The van der Waals surface area contributed by atoms with Crippen LogP contribution in [-0.4, -0.2) is 17.3 Å². The quantitative estimate of drug-likeness (QED) is 0.795. The molecule has 144 valence electrons. The highest BCUT2D eigenvalue weighted by Crippen LogP contribution is 2.48. The third-order valence-electron chi connectivity index (χ3n) is 6.06. The molecule has 1 aliphatic heterocycles. The monoisotopic (exact) mass is 383 g/mol. The number of ketones is 3. The van der Waals surface area contributed by atoms with E-state index < -0.39 is 5.92 Å². The zero-order chi connectivity index (χ0) is 20.3. The van der Waals surface area contributed by atoms with Gasteiger partial charge in [-0.15, -0.1) is 0 Å². The molecule has 0 aromatic heterocycles. The van der Waals surface area contributed by atoms with Crippen LogP contribution in [0.4, 0.5) is 0 Å². The molecular formula is C25H21NO3. The lowest BCUT2D eigenvalue weighted by Gasteiger charge is -2.41. The first-order valence-electron chi connectivity index (χ1n) is 9.88. The van der Waals surface area contributed by atoms with Crippen LogP contribution in [0.5, 0.6) is 0 Å². The lowest BCUT2D eigenvalue weighted by Crippen LogP contribution is -2.42. The van der Waals surface area contributed by atoms with Crippen molar-refractivity contribution >= 4 is 17.3 Å². The Morgan fingerprint density at radius 1 is 0.793 bits per heavy atom. The van der Waals surface area contributed by atoms with E-state index in [-0.39, 0.29) is 22.8 Å². The molecule has 5 rings (SSSR count). The van der Waals surface area contributed by atoms with Crippen LogP contribution in [-0.2, 0) is 4.79 Å². The van der Waals surface area contributed by atoms with Gasteiger partial charge in [-0.3, -0.25) is 14.4 Å². The molecule has 3 aliphatic rings. The van der Waals surface area contributed by atoms with E-state index in [9.17, 15) is 14.4 Å². The van der Waals surface area contributed by atoms with Crippen molar-refractivity contribution in [2.75, 3.05) is 0 Å². The summed E-state index contributed by atoms with van der Waals surface area (Å²) in [5.41, 5.74) is 3.63. The lowest BCUT2D eigenvalue weighted by atomic mass is 9.66. The number of dihydropyridines is 1. The maximum atomic E-state index is 13.5. The van der Waals surface area contributed by atoms with Crippen molar-refractivity contribution in [3.05, 3.63) is 93.8 Å². The highest BCUT2D eigenvalue weighted by atomic mass is 16.1. The summed E-state index contributed by atoms with van der Waals surface area (Å²) in [5.74, 6) is -0.835. The zero-order valence-corrected chi connectivity index (χ0v) is 16.4. The van der Waals surface area contributed by atoms with Crippen LogP contribution >= 0.6 is 0 Å². The highest BCUT2D eigenvalue weighted by Gasteiger charge is 2.46.